The molecule has 8 nitrogen and oxygen atoms in total. The zero-order valence-corrected chi connectivity index (χ0v) is 12.1. The monoisotopic (exact) mass is 307 g/mol. The largest absolute Gasteiger partial charge is 0.480 e. The molecule has 0 bridgehead atoms. The third kappa shape index (κ3) is 5.55. The Bertz CT molecular complexity index is 420. The van der Waals surface area contributed by atoms with Crippen molar-refractivity contribution in [2.75, 3.05) is 39.4 Å². The Labute approximate surface area is 119 Å². The first kappa shape index (κ1) is 17.1. The number of hydrogen-bond donors (Lipinski definition) is 3. The van der Waals surface area contributed by atoms with E-state index in [0.29, 0.717) is 26.3 Å². The van der Waals surface area contributed by atoms with E-state index < -0.39 is 22.2 Å². The number of hydrogen-bond acceptors (Lipinski definition) is 5. The lowest BCUT2D eigenvalue weighted by atomic mass is 10.2. The van der Waals surface area contributed by atoms with Gasteiger partial charge in [0.15, 0.2) is 0 Å². The Morgan fingerprint density at radius 1 is 1.40 bits per heavy atom. The summed E-state index contributed by atoms with van der Waals surface area (Å²) >= 11 is 0. The van der Waals surface area contributed by atoms with Gasteiger partial charge in [-0.25, -0.2) is 4.72 Å². The predicted octanol–water partition coefficient (Wildman–Crippen LogP) is -1.23. The highest BCUT2D eigenvalue weighted by molar-refractivity contribution is 7.87. The van der Waals surface area contributed by atoms with E-state index in [4.69, 9.17) is 9.84 Å². The van der Waals surface area contributed by atoms with Crippen LogP contribution in [0.5, 0.6) is 0 Å². The molecule has 0 amide bonds. The van der Waals surface area contributed by atoms with Gasteiger partial charge in [0.25, 0.3) is 10.2 Å². The van der Waals surface area contributed by atoms with E-state index in [2.05, 4.69) is 16.6 Å². The second-order valence-electron chi connectivity index (χ2n) is 4.28. The van der Waals surface area contributed by atoms with Crippen LogP contribution in [0, 0.1) is 0 Å². The topological polar surface area (TPSA) is 108 Å². The fraction of sp³-hybridized carbons (Fsp3) is 0.727. The minimum Gasteiger partial charge on any atom is -0.480 e. The lowest BCUT2D eigenvalue weighted by Crippen LogP contribution is -2.48. The Morgan fingerprint density at radius 2 is 2.05 bits per heavy atom. The maximum Gasteiger partial charge on any atom is 0.321 e. The molecule has 1 aliphatic heterocycles. The second kappa shape index (κ2) is 8.32. The summed E-state index contributed by atoms with van der Waals surface area (Å²) in [5, 5.41) is 11.7. The molecule has 0 saturated carbocycles. The first-order valence-corrected chi connectivity index (χ1v) is 7.81. The molecule has 0 aromatic heterocycles. The van der Waals surface area contributed by atoms with Gasteiger partial charge in [-0.1, -0.05) is 6.08 Å². The third-order valence-electron chi connectivity index (χ3n) is 2.81. The van der Waals surface area contributed by atoms with Crippen LogP contribution in [0.15, 0.2) is 12.7 Å². The van der Waals surface area contributed by atoms with E-state index in [9.17, 15) is 13.2 Å². The number of carboxylic acids is 1. The molecular formula is C11H21N3O5S. The number of ether oxygens (including phenoxy) is 1. The lowest BCUT2D eigenvalue weighted by Gasteiger charge is -2.26. The smallest absolute Gasteiger partial charge is 0.321 e. The molecule has 1 saturated heterocycles. The van der Waals surface area contributed by atoms with Crippen molar-refractivity contribution in [2.24, 2.45) is 0 Å². The first-order valence-electron chi connectivity index (χ1n) is 6.37. The van der Waals surface area contributed by atoms with Crippen molar-refractivity contribution in [1.82, 2.24) is 14.3 Å². The Kier molecular flexibility index (Phi) is 7.10. The van der Waals surface area contributed by atoms with E-state index in [0.717, 1.165) is 0 Å². The van der Waals surface area contributed by atoms with Crippen molar-refractivity contribution < 1.29 is 23.1 Å². The summed E-state index contributed by atoms with van der Waals surface area (Å²) < 4.78 is 32.6. The van der Waals surface area contributed by atoms with Crippen molar-refractivity contribution in [3.8, 4) is 0 Å². The summed E-state index contributed by atoms with van der Waals surface area (Å²) in [6.45, 7) is 5.27. The summed E-state index contributed by atoms with van der Waals surface area (Å²) in [6, 6.07) is -0.750. The third-order valence-corrected chi connectivity index (χ3v) is 4.42. The summed E-state index contributed by atoms with van der Waals surface area (Å²) in [5.74, 6) is -0.985. The van der Waals surface area contributed by atoms with Gasteiger partial charge in [-0.3, -0.25) is 4.79 Å². The van der Waals surface area contributed by atoms with Gasteiger partial charge in [-0.05, 0) is 6.42 Å². The summed E-state index contributed by atoms with van der Waals surface area (Å²) in [6.07, 6.45) is 1.79. The van der Waals surface area contributed by atoms with Crippen LogP contribution in [0.1, 0.15) is 6.42 Å². The normalized spacial score (nSPS) is 18.6. The van der Waals surface area contributed by atoms with Gasteiger partial charge in [-0.15, -0.1) is 6.58 Å². The fourth-order valence-corrected chi connectivity index (χ4v) is 2.92. The molecule has 1 fully saturated rings. The van der Waals surface area contributed by atoms with Gasteiger partial charge >= 0.3 is 5.97 Å². The number of nitrogens with one attached hydrogen (secondary N) is 2. The quantitative estimate of drug-likeness (QED) is 0.364. The van der Waals surface area contributed by atoms with Crippen molar-refractivity contribution in [3.63, 3.8) is 0 Å². The van der Waals surface area contributed by atoms with Crippen molar-refractivity contribution in [1.29, 1.82) is 0 Å². The molecule has 3 N–H and O–H groups in total. The number of nitrogens with zero attached hydrogens (tertiary/aromatic N) is 1. The molecule has 0 aromatic carbocycles. The molecular weight excluding hydrogens is 286 g/mol. The summed E-state index contributed by atoms with van der Waals surface area (Å²) in [4.78, 5) is 10.9. The fourth-order valence-electron chi connectivity index (χ4n) is 1.74. The van der Waals surface area contributed by atoms with Gasteiger partial charge in [0, 0.05) is 26.2 Å². The number of carbonyl (C=O) groups is 1. The average Bonchev–Trinajstić information content (AvgIpc) is 2.43. The molecule has 0 aromatic rings. The van der Waals surface area contributed by atoms with Crippen molar-refractivity contribution >= 4 is 16.2 Å². The molecule has 0 aliphatic carbocycles. The van der Waals surface area contributed by atoms with Crippen LogP contribution in [0.25, 0.3) is 0 Å². The minimum atomic E-state index is -3.52. The first-order chi connectivity index (χ1) is 9.47. The number of morpholine rings is 1. The SMILES string of the molecule is C=CC[C@H](NCCNS(=O)(=O)N1CCOCC1)C(=O)O. The number of aliphatic carboxylic acids is 1. The molecule has 116 valence electrons. The molecule has 1 aliphatic rings. The minimum absolute atomic E-state index is 0.126. The van der Waals surface area contributed by atoms with Crippen molar-refractivity contribution in [3.05, 3.63) is 12.7 Å². The number of rotatable bonds is 9. The molecule has 1 heterocycles. The second-order valence-corrected chi connectivity index (χ2v) is 6.04. The summed E-state index contributed by atoms with van der Waals surface area (Å²) in [5.41, 5.74) is 0. The highest BCUT2D eigenvalue weighted by Crippen LogP contribution is 2.02. The molecule has 0 spiro atoms. The highest BCUT2D eigenvalue weighted by Gasteiger charge is 2.23. The average molecular weight is 307 g/mol. The number of carboxylic acid groups (broad SMARTS) is 1. The zero-order chi connectivity index (χ0) is 15.0. The van der Waals surface area contributed by atoms with E-state index in [1.54, 1.807) is 0 Å². The van der Waals surface area contributed by atoms with Gasteiger partial charge in [0.1, 0.15) is 6.04 Å². The molecule has 0 radical (unpaired) electrons. The highest BCUT2D eigenvalue weighted by atomic mass is 32.2. The van der Waals surface area contributed by atoms with E-state index in [1.807, 2.05) is 0 Å². The molecule has 1 rings (SSSR count). The van der Waals surface area contributed by atoms with Crippen LogP contribution in [-0.4, -0.2) is 69.2 Å². The lowest BCUT2D eigenvalue weighted by molar-refractivity contribution is -0.139. The molecule has 9 heteroatoms. The van der Waals surface area contributed by atoms with Crippen LogP contribution in [0.3, 0.4) is 0 Å². The van der Waals surface area contributed by atoms with Crippen LogP contribution in [-0.2, 0) is 19.7 Å². The Hall–Kier alpha value is -1.00. The maximum absolute atomic E-state index is 11.9. The van der Waals surface area contributed by atoms with E-state index in [1.165, 1.54) is 10.4 Å². The van der Waals surface area contributed by atoms with Crippen LogP contribution < -0.4 is 10.0 Å². The molecule has 0 unspecified atom stereocenters. The van der Waals surface area contributed by atoms with Crippen LogP contribution >= 0.6 is 0 Å². The van der Waals surface area contributed by atoms with Crippen LogP contribution in [0.4, 0.5) is 0 Å². The van der Waals surface area contributed by atoms with Gasteiger partial charge < -0.3 is 15.2 Å². The van der Waals surface area contributed by atoms with E-state index >= 15 is 0 Å². The predicted molar refractivity (Wildman–Crippen MR) is 73.6 cm³/mol. The molecule has 20 heavy (non-hydrogen) atoms. The zero-order valence-electron chi connectivity index (χ0n) is 11.2. The standard InChI is InChI=1S/C11H21N3O5S/c1-2-3-10(11(15)16)12-4-5-13-20(17,18)14-6-8-19-9-7-14/h2,10,12-13H,1,3-9H2,(H,15,16)/t10-/m0/s1. The van der Waals surface area contributed by atoms with Gasteiger partial charge in [0.05, 0.1) is 13.2 Å². The van der Waals surface area contributed by atoms with Gasteiger partial charge in [0.2, 0.25) is 0 Å². The molecule has 1 atom stereocenters. The summed E-state index contributed by atoms with van der Waals surface area (Å²) in [7, 11) is -3.52. The maximum atomic E-state index is 11.9. The van der Waals surface area contributed by atoms with Crippen LogP contribution in [0.2, 0.25) is 0 Å². The Morgan fingerprint density at radius 3 is 2.60 bits per heavy atom. The van der Waals surface area contributed by atoms with Crippen molar-refractivity contribution in [2.45, 2.75) is 12.5 Å². The van der Waals surface area contributed by atoms with E-state index in [-0.39, 0.29) is 19.5 Å². The van der Waals surface area contributed by atoms with Gasteiger partial charge in [-0.2, -0.15) is 12.7 Å². The Balaban J connectivity index is 2.31.